The zero-order chi connectivity index (χ0) is 29.5. The molecule has 7 nitrogen and oxygen atoms in total. The zero-order valence-corrected chi connectivity index (χ0v) is 22.5. The Morgan fingerprint density at radius 3 is 1.60 bits per heavy atom. The molecule has 1 unspecified atom stereocenters. The van der Waals surface area contributed by atoms with Crippen molar-refractivity contribution < 1.29 is 34.8 Å². The van der Waals surface area contributed by atoms with Gasteiger partial charge in [0.05, 0.1) is 0 Å². The van der Waals surface area contributed by atoms with Gasteiger partial charge in [0.25, 0.3) is 0 Å². The molecule has 0 spiro atoms. The second-order valence-corrected chi connectivity index (χ2v) is 8.82. The van der Waals surface area contributed by atoms with Gasteiger partial charge in [-0.1, -0.05) is 56.3 Å². The maximum absolute atomic E-state index is 11.9. The maximum atomic E-state index is 11.9. The number of aliphatic hydroxyl groups excluding tert-OH is 1. The minimum absolute atomic E-state index is 0.127. The minimum Gasteiger partial charge on any atom is -0.508 e. The Hall–Kier alpha value is -4.75. The van der Waals surface area contributed by atoms with Crippen molar-refractivity contribution in [3.05, 3.63) is 125 Å². The smallest absolute Gasteiger partial charge is 0.193 e. The summed E-state index contributed by atoms with van der Waals surface area (Å²) in [4.78, 5) is 34.2. The molecule has 0 aromatic heterocycles. The summed E-state index contributed by atoms with van der Waals surface area (Å²) < 4.78 is 0. The first-order valence-corrected chi connectivity index (χ1v) is 12.8. The van der Waals surface area contributed by atoms with Crippen LogP contribution < -0.4 is 0 Å². The molecule has 7 heteroatoms. The van der Waals surface area contributed by atoms with Crippen LogP contribution in [0, 0.1) is 0 Å². The number of carbonyl (C=O) groups is 3. The highest BCUT2D eigenvalue weighted by atomic mass is 16.3. The Kier molecular flexibility index (Phi) is 12.8. The quantitative estimate of drug-likeness (QED) is 0.204. The number of ketones is 3. The number of hydrogen-bond acceptors (Lipinski definition) is 7. The number of hydrogen-bond donors (Lipinski definition) is 4. The van der Waals surface area contributed by atoms with Crippen molar-refractivity contribution >= 4 is 17.3 Å². The van der Waals surface area contributed by atoms with E-state index in [1.807, 2.05) is 19.1 Å². The number of Topliss-reactive ketones (excluding diaryl/α,β-unsaturated/α-hetero) is 2. The molecule has 208 valence electrons. The summed E-state index contributed by atoms with van der Waals surface area (Å²) in [5, 5.41) is 36.5. The number of aliphatic hydroxyl groups is 1. The van der Waals surface area contributed by atoms with Gasteiger partial charge in [0.2, 0.25) is 0 Å². The lowest BCUT2D eigenvalue weighted by Gasteiger charge is -2.05. The Bertz CT molecular complexity index is 1310. The van der Waals surface area contributed by atoms with Gasteiger partial charge in [0.15, 0.2) is 11.6 Å². The summed E-state index contributed by atoms with van der Waals surface area (Å²) in [6.45, 7) is 3.62. The molecule has 0 amide bonds. The molecule has 0 radical (unpaired) electrons. The van der Waals surface area contributed by atoms with Gasteiger partial charge in [-0.2, -0.15) is 0 Å². The molecule has 0 heterocycles. The molecular weight excluding hydrogens is 508 g/mol. The topological polar surface area (TPSA) is 132 Å². The van der Waals surface area contributed by atoms with E-state index >= 15 is 0 Å². The number of phenolic OH excluding ortho intramolecular Hbond substituents is 3. The molecule has 0 fully saturated rings. The molecule has 0 saturated heterocycles. The van der Waals surface area contributed by atoms with Crippen molar-refractivity contribution in [2.75, 3.05) is 0 Å². The van der Waals surface area contributed by atoms with Crippen LogP contribution in [0.15, 0.2) is 103 Å². The lowest BCUT2D eigenvalue weighted by Crippen LogP contribution is -2.18. The first-order valence-electron chi connectivity index (χ1n) is 12.8. The third-order valence-electron chi connectivity index (χ3n) is 5.71. The summed E-state index contributed by atoms with van der Waals surface area (Å²) in [6, 6.07) is 27.7. The van der Waals surface area contributed by atoms with E-state index in [2.05, 4.69) is 0 Å². The number of phenols is 3. The van der Waals surface area contributed by atoms with E-state index in [0.29, 0.717) is 36.0 Å². The molecule has 4 N–H and O–H groups in total. The number of carbonyl (C=O) groups excluding carboxylic acids is 3. The first-order chi connectivity index (χ1) is 19.1. The van der Waals surface area contributed by atoms with Gasteiger partial charge in [-0.15, -0.1) is 0 Å². The molecular formula is C33H34O7. The fourth-order valence-electron chi connectivity index (χ4n) is 3.39. The Labute approximate surface area is 234 Å². The highest BCUT2D eigenvalue weighted by Gasteiger charge is 2.13. The van der Waals surface area contributed by atoms with Gasteiger partial charge in [-0.25, -0.2) is 0 Å². The van der Waals surface area contributed by atoms with Crippen LogP contribution in [0.25, 0.3) is 0 Å². The summed E-state index contributed by atoms with van der Waals surface area (Å²) in [5.41, 5.74) is 2.46. The fourth-order valence-corrected chi connectivity index (χ4v) is 3.39. The lowest BCUT2D eigenvalue weighted by atomic mass is 10.0. The molecule has 0 aliphatic carbocycles. The van der Waals surface area contributed by atoms with Crippen LogP contribution in [0.2, 0.25) is 0 Å². The van der Waals surface area contributed by atoms with Crippen LogP contribution in [0.4, 0.5) is 0 Å². The van der Waals surface area contributed by atoms with Crippen LogP contribution in [0.1, 0.15) is 58.5 Å². The predicted molar refractivity (Wildman–Crippen MR) is 154 cm³/mol. The van der Waals surface area contributed by atoms with E-state index < -0.39 is 6.10 Å². The van der Waals surface area contributed by atoms with Crippen molar-refractivity contribution in [1.82, 2.24) is 0 Å². The van der Waals surface area contributed by atoms with Crippen molar-refractivity contribution in [3.63, 3.8) is 0 Å². The predicted octanol–water partition coefficient (Wildman–Crippen LogP) is 5.88. The average molecular weight is 543 g/mol. The highest BCUT2D eigenvalue weighted by molar-refractivity contribution is 6.09. The SMILES string of the molecule is CCC(=O)Cc1cccc(O)c1.CCC(O)C(=O)c1ccccc1.O=C(c1ccc(O)cc1)c1ccc(O)cc1. The second kappa shape index (κ2) is 16.3. The van der Waals surface area contributed by atoms with Crippen LogP contribution in [-0.2, 0) is 11.2 Å². The number of benzene rings is 4. The van der Waals surface area contributed by atoms with Crippen molar-refractivity contribution in [2.45, 2.75) is 39.2 Å². The normalized spacial score (nSPS) is 10.7. The van der Waals surface area contributed by atoms with Crippen LogP contribution in [-0.4, -0.2) is 43.9 Å². The Morgan fingerprint density at radius 2 is 1.15 bits per heavy atom. The van der Waals surface area contributed by atoms with Crippen molar-refractivity contribution in [2.24, 2.45) is 0 Å². The van der Waals surface area contributed by atoms with Gasteiger partial charge < -0.3 is 20.4 Å². The Morgan fingerprint density at radius 1 is 0.625 bits per heavy atom. The van der Waals surface area contributed by atoms with Gasteiger partial charge in [0.1, 0.15) is 29.1 Å². The van der Waals surface area contributed by atoms with E-state index in [4.69, 9.17) is 15.3 Å². The van der Waals surface area contributed by atoms with Crippen molar-refractivity contribution in [1.29, 1.82) is 0 Å². The zero-order valence-electron chi connectivity index (χ0n) is 22.5. The summed E-state index contributed by atoms with van der Waals surface area (Å²) in [5.74, 6) is 0.333. The summed E-state index contributed by atoms with van der Waals surface area (Å²) in [7, 11) is 0. The molecule has 0 aliphatic heterocycles. The monoisotopic (exact) mass is 542 g/mol. The number of rotatable bonds is 8. The van der Waals surface area contributed by atoms with E-state index in [1.54, 1.807) is 73.7 Å². The molecule has 1 atom stereocenters. The molecule has 0 bridgehead atoms. The molecule has 40 heavy (non-hydrogen) atoms. The maximum Gasteiger partial charge on any atom is 0.193 e. The van der Waals surface area contributed by atoms with Gasteiger partial charge in [-0.05, 0) is 72.6 Å². The molecule has 4 aromatic rings. The van der Waals surface area contributed by atoms with Crippen LogP contribution in [0.5, 0.6) is 17.2 Å². The van der Waals surface area contributed by atoms with Crippen LogP contribution >= 0.6 is 0 Å². The van der Waals surface area contributed by atoms with Crippen LogP contribution in [0.3, 0.4) is 0 Å². The second-order valence-electron chi connectivity index (χ2n) is 8.82. The van der Waals surface area contributed by atoms with E-state index in [-0.39, 0.29) is 34.6 Å². The molecule has 0 aliphatic rings. The molecule has 4 aromatic carbocycles. The van der Waals surface area contributed by atoms with Crippen molar-refractivity contribution in [3.8, 4) is 17.2 Å². The lowest BCUT2D eigenvalue weighted by molar-refractivity contribution is -0.118. The Balaban J connectivity index is 0.000000214. The van der Waals surface area contributed by atoms with Gasteiger partial charge in [0, 0.05) is 29.5 Å². The average Bonchev–Trinajstić information content (AvgIpc) is 2.98. The minimum atomic E-state index is -0.854. The summed E-state index contributed by atoms with van der Waals surface area (Å²) >= 11 is 0. The first kappa shape index (κ1) is 31.5. The fraction of sp³-hybridized carbons (Fsp3) is 0.182. The summed E-state index contributed by atoms with van der Waals surface area (Å²) in [6.07, 6.45) is 0.585. The largest absolute Gasteiger partial charge is 0.508 e. The van der Waals surface area contributed by atoms with Gasteiger partial charge >= 0.3 is 0 Å². The highest BCUT2D eigenvalue weighted by Crippen LogP contribution is 2.16. The standard InChI is InChI=1S/C13H10O3.2C10H12O2/c14-11-5-1-9(2-6-11)13(16)10-3-7-12(15)8-4-10;1-2-9(11)6-8-4-3-5-10(12)7-8;1-2-9(11)10(12)8-6-4-3-5-7-8/h1-8,14-15H;3-5,7,12H,2,6H2,1H3;3-7,9,11H,2H2,1H3. The van der Waals surface area contributed by atoms with E-state index in [9.17, 15) is 19.5 Å². The van der Waals surface area contributed by atoms with E-state index in [0.717, 1.165) is 5.56 Å². The third kappa shape index (κ3) is 10.6. The molecule has 0 saturated carbocycles. The van der Waals surface area contributed by atoms with Gasteiger partial charge in [-0.3, -0.25) is 14.4 Å². The third-order valence-corrected chi connectivity index (χ3v) is 5.71. The molecule has 4 rings (SSSR count). The van der Waals surface area contributed by atoms with E-state index in [1.165, 1.54) is 24.3 Å². The number of aromatic hydroxyl groups is 3.